The zero-order valence-electron chi connectivity index (χ0n) is 37.3. The van der Waals surface area contributed by atoms with Crippen LogP contribution in [0.3, 0.4) is 0 Å². The largest absolute Gasteiger partial charge is 0.492 e. The Hall–Kier alpha value is -9.51. The third kappa shape index (κ3) is 7.79. The first-order valence-corrected chi connectivity index (χ1v) is 21.7. The first kappa shape index (κ1) is 44.3. The summed E-state index contributed by atoms with van der Waals surface area (Å²) in [6, 6.07) is 21.0. The monoisotopic (exact) mass is 937 g/mol. The Kier molecular flexibility index (Phi) is 11.6. The van der Waals surface area contributed by atoms with Gasteiger partial charge >= 0.3 is 17.6 Å². The fourth-order valence-electron chi connectivity index (χ4n) is 8.74. The number of carbonyl (C=O) groups excluding carboxylic acids is 4. The van der Waals surface area contributed by atoms with Crippen molar-refractivity contribution in [1.29, 1.82) is 10.5 Å². The third-order valence-electron chi connectivity index (χ3n) is 12.2. The number of aromatic nitrogens is 10. The highest BCUT2D eigenvalue weighted by atomic mass is 19.1. The summed E-state index contributed by atoms with van der Waals surface area (Å²) < 4.78 is 25.6. The van der Waals surface area contributed by atoms with Crippen molar-refractivity contribution in [1.82, 2.24) is 65.6 Å². The van der Waals surface area contributed by atoms with Gasteiger partial charge in [0.1, 0.15) is 17.4 Å². The van der Waals surface area contributed by atoms with Crippen LogP contribution in [-0.4, -0.2) is 111 Å². The molecule has 21 nitrogen and oxygen atoms in total. The molecule has 70 heavy (non-hydrogen) atoms. The van der Waals surface area contributed by atoms with Crippen LogP contribution in [0.5, 0.6) is 5.75 Å². The molecule has 22 heteroatoms. The van der Waals surface area contributed by atoms with E-state index in [0.717, 1.165) is 22.3 Å². The quantitative estimate of drug-likeness (QED) is 0.0659. The maximum absolute atomic E-state index is 15.1. The Balaban J connectivity index is 0.890. The number of benzene rings is 2. The molecule has 10 rings (SSSR count). The number of ether oxygens (including phenoxy) is 1. The van der Waals surface area contributed by atoms with Crippen LogP contribution < -0.4 is 20.2 Å². The molecule has 2 fully saturated rings. The summed E-state index contributed by atoms with van der Waals surface area (Å²) in [5, 5.41) is 35.2. The molecule has 0 bridgehead atoms. The van der Waals surface area contributed by atoms with Crippen LogP contribution in [0, 0.1) is 35.4 Å². The van der Waals surface area contributed by atoms with Crippen LogP contribution in [-0.2, 0) is 9.59 Å². The highest BCUT2D eigenvalue weighted by molar-refractivity contribution is 6.45. The molecule has 2 amide bonds. The lowest BCUT2D eigenvalue weighted by Crippen LogP contribution is -2.50. The fraction of sp³-hybridized carbons (Fsp3) is 0.167. The minimum absolute atomic E-state index is 0.0487. The Labute approximate surface area is 395 Å². The Morgan fingerprint density at radius 3 is 1.94 bits per heavy atom. The van der Waals surface area contributed by atoms with E-state index >= 15 is 4.39 Å². The number of nitrogens with one attached hydrogen (secondary N) is 4. The molecule has 6 aromatic heterocycles. The normalized spacial score (nSPS) is 15.4. The number of aromatic amines is 2. The van der Waals surface area contributed by atoms with Gasteiger partial charge in [-0.15, -0.1) is 5.10 Å². The van der Waals surface area contributed by atoms with Gasteiger partial charge in [-0.1, -0.05) is 45.3 Å². The summed E-state index contributed by atoms with van der Waals surface area (Å²) in [6.07, 6.45) is 10.4. The average Bonchev–Trinajstić information content (AvgIpc) is 4.25. The number of pyridine rings is 2. The number of hydrogen-bond donors (Lipinski definition) is 4. The zero-order chi connectivity index (χ0) is 48.6. The topological polar surface area (TPSA) is 265 Å². The van der Waals surface area contributed by atoms with Crippen molar-refractivity contribution in [2.45, 2.75) is 19.8 Å². The standard InChI is InChI=1S/C48H37FN16O5/c1-27-55-26-65(59-27)46-42-40(36(23-53-42)44(67)48(69)64-15-12-30(20-57-64)33(18-50)28-6-4-3-5-7-28)38(70-2)25-61(46)32-10-8-29(9-11-32)34(19-51)31-13-16-63(58-21-31)47(68)43(66)35-22-52-41-39(35)37(49)24-54-45(41)62-17-14-56-60-62/h3-11,14,17,22-26,57-58H,12-13,15-16,20-21H2,1-2H3,(H,52,54,66)/p+1. The van der Waals surface area contributed by atoms with Crippen molar-refractivity contribution < 1.29 is 32.9 Å². The Morgan fingerprint density at radius 1 is 0.786 bits per heavy atom. The van der Waals surface area contributed by atoms with Crippen molar-refractivity contribution >= 4 is 56.3 Å². The molecule has 8 heterocycles. The predicted molar refractivity (Wildman–Crippen MR) is 246 cm³/mol. The van der Waals surface area contributed by atoms with Crippen LogP contribution in [0.1, 0.15) is 50.5 Å². The number of aryl methyl sites for hydroxylation is 1. The minimum Gasteiger partial charge on any atom is -0.492 e. The maximum Gasteiger partial charge on any atom is 0.338 e. The number of ketones is 2. The predicted octanol–water partition coefficient (Wildman–Crippen LogP) is 3.73. The molecule has 0 unspecified atom stereocenters. The molecule has 2 saturated heterocycles. The molecule has 2 aromatic carbocycles. The smallest absolute Gasteiger partial charge is 0.338 e. The number of hydrogen-bond acceptors (Lipinski definition) is 14. The molecular formula is C48H38FN16O5+. The minimum atomic E-state index is -0.946. The fourth-order valence-corrected chi connectivity index (χ4v) is 8.74. The highest BCUT2D eigenvalue weighted by Gasteiger charge is 2.34. The number of H-pyrrole nitrogens is 2. The van der Waals surface area contributed by atoms with Gasteiger partial charge in [0.15, 0.2) is 23.2 Å². The second-order valence-corrected chi connectivity index (χ2v) is 16.1. The van der Waals surface area contributed by atoms with E-state index in [1.807, 2.05) is 30.3 Å². The number of hydrazine groups is 2. The molecule has 4 N–H and O–H groups in total. The van der Waals surface area contributed by atoms with Gasteiger partial charge < -0.3 is 14.7 Å². The molecule has 0 atom stereocenters. The van der Waals surface area contributed by atoms with E-state index in [2.05, 4.69) is 58.3 Å². The molecule has 0 saturated carbocycles. The van der Waals surface area contributed by atoms with Crippen molar-refractivity contribution in [2.75, 3.05) is 33.3 Å². The number of Topliss-reactive ketones (excluding diaryl/α,β-unsaturated/α-hetero) is 2. The van der Waals surface area contributed by atoms with Crippen LogP contribution in [0.25, 0.3) is 50.3 Å². The van der Waals surface area contributed by atoms with Gasteiger partial charge in [0.25, 0.3) is 11.6 Å². The number of amides is 2. The van der Waals surface area contributed by atoms with Crippen molar-refractivity contribution in [2.24, 2.45) is 0 Å². The molecule has 0 spiro atoms. The lowest BCUT2D eigenvalue weighted by molar-refractivity contribution is -0.589. The number of nitriles is 2. The third-order valence-corrected chi connectivity index (χ3v) is 12.2. The van der Waals surface area contributed by atoms with Crippen LogP contribution in [0.4, 0.5) is 4.39 Å². The number of nitrogens with zero attached hydrogens (tertiary/aromatic N) is 12. The Bertz CT molecular complexity index is 3560. The molecule has 0 radical (unpaired) electrons. The second kappa shape index (κ2) is 18.3. The zero-order valence-corrected chi connectivity index (χ0v) is 37.3. The number of carbonyl (C=O) groups is 4. The summed E-state index contributed by atoms with van der Waals surface area (Å²) in [5.41, 5.74) is 10.8. The SMILES string of the molecule is COc1c[n+](-c2ccc(C(C#N)=C3CCN(C(=O)C(=O)c4c[nH]c5c(-n6ccnn6)ncc(F)c45)NC3)cc2)c(-n2cnc(C)n2)c2[nH]cc(C(=O)C(=O)N3CCC(=C(C#N)c4ccccc4)CN3)c12. The number of rotatable bonds is 10. The molecule has 8 aromatic rings. The van der Waals surface area contributed by atoms with E-state index in [9.17, 15) is 29.7 Å². The lowest BCUT2D eigenvalue weighted by atomic mass is 9.97. The average molecular weight is 938 g/mol. The van der Waals surface area contributed by atoms with Gasteiger partial charge in [-0.3, -0.25) is 29.2 Å². The molecule has 346 valence electrons. The number of methoxy groups -OCH3 is 1. The van der Waals surface area contributed by atoms with Crippen LogP contribution in [0.2, 0.25) is 0 Å². The van der Waals surface area contributed by atoms with Gasteiger partial charge in [-0.05, 0) is 66.3 Å². The van der Waals surface area contributed by atoms with Gasteiger partial charge in [-0.2, -0.15) is 20.1 Å². The first-order chi connectivity index (χ1) is 34.1. The lowest BCUT2D eigenvalue weighted by Gasteiger charge is -2.29. The molecule has 2 aliphatic rings. The second-order valence-electron chi connectivity index (χ2n) is 16.1. The van der Waals surface area contributed by atoms with E-state index in [4.69, 9.17) is 4.74 Å². The van der Waals surface area contributed by atoms with E-state index < -0.39 is 29.2 Å². The summed E-state index contributed by atoms with van der Waals surface area (Å²) in [7, 11) is 1.45. The van der Waals surface area contributed by atoms with Crippen molar-refractivity contribution in [3.63, 3.8) is 0 Å². The summed E-state index contributed by atoms with van der Waals surface area (Å²) in [4.78, 5) is 69.3. The Morgan fingerprint density at radius 2 is 1.40 bits per heavy atom. The van der Waals surface area contributed by atoms with Gasteiger partial charge in [0.2, 0.25) is 6.33 Å². The molecular weight excluding hydrogens is 900 g/mol. The van der Waals surface area contributed by atoms with E-state index in [-0.39, 0.29) is 66.2 Å². The van der Waals surface area contributed by atoms with Crippen molar-refractivity contribution in [3.05, 3.63) is 143 Å². The van der Waals surface area contributed by atoms with Crippen LogP contribution >= 0.6 is 0 Å². The molecule has 2 aliphatic heterocycles. The van der Waals surface area contributed by atoms with E-state index in [0.29, 0.717) is 56.9 Å². The number of halogens is 1. The van der Waals surface area contributed by atoms with Crippen LogP contribution in [0.15, 0.2) is 109 Å². The number of fused-ring (bicyclic) bond motifs is 2. The first-order valence-electron chi connectivity index (χ1n) is 21.7. The van der Waals surface area contributed by atoms with E-state index in [1.165, 1.54) is 52.6 Å². The van der Waals surface area contributed by atoms with Gasteiger partial charge in [0.05, 0.1) is 76.4 Å². The highest BCUT2D eigenvalue weighted by Crippen LogP contribution is 2.33. The van der Waals surface area contributed by atoms with E-state index in [1.54, 1.807) is 42.0 Å². The summed E-state index contributed by atoms with van der Waals surface area (Å²) in [5.74, 6) is -2.85. The van der Waals surface area contributed by atoms with Gasteiger partial charge in [0, 0.05) is 38.6 Å². The van der Waals surface area contributed by atoms with Crippen molar-refractivity contribution in [3.8, 4) is 35.2 Å². The number of allylic oxidation sites excluding steroid dienone is 2. The molecule has 0 aliphatic carbocycles. The summed E-state index contributed by atoms with van der Waals surface area (Å²) >= 11 is 0. The maximum atomic E-state index is 15.1. The summed E-state index contributed by atoms with van der Waals surface area (Å²) in [6.45, 7) is 2.22. The van der Waals surface area contributed by atoms with Gasteiger partial charge in [-0.25, -0.2) is 24.9 Å².